The Morgan fingerprint density at radius 2 is 1.67 bits per heavy atom. The van der Waals surface area contributed by atoms with E-state index in [2.05, 4.69) is 0 Å². The van der Waals surface area contributed by atoms with Gasteiger partial charge in [0.05, 0.1) is 0 Å². The second-order valence-electron chi connectivity index (χ2n) is 4.01. The molecule has 2 aromatic rings. The smallest absolute Gasteiger partial charge is 0.248 e. The molecule has 0 unspecified atom stereocenters. The Balaban J connectivity index is 2.22. The lowest BCUT2D eigenvalue weighted by atomic mass is 10.1. The number of anilines is 1. The van der Waals surface area contributed by atoms with Gasteiger partial charge in [0, 0.05) is 11.3 Å². The maximum Gasteiger partial charge on any atom is 0.248 e. The minimum absolute atomic E-state index is 0.438. The van der Waals surface area contributed by atoms with Crippen LogP contribution in [0, 0.1) is 6.92 Å². The molecule has 4 heteroatoms. The lowest BCUT2D eigenvalue weighted by Crippen LogP contribution is -2.12. The molecule has 0 saturated carbocycles. The van der Waals surface area contributed by atoms with Crippen molar-refractivity contribution >= 4 is 11.6 Å². The summed E-state index contributed by atoms with van der Waals surface area (Å²) in [4.78, 5) is 11.1. The Labute approximate surface area is 105 Å². The Morgan fingerprint density at radius 3 is 2.22 bits per heavy atom. The zero-order valence-corrected chi connectivity index (χ0v) is 10.0. The fraction of sp³-hybridized carbons (Fsp3) is 0.0714. The van der Waals surface area contributed by atoms with Gasteiger partial charge in [0.1, 0.15) is 11.5 Å². The number of rotatable bonds is 3. The van der Waals surface area contributed by atoms with Gasteiger partial charge in [-0.2, -0.15) is 0 Å². The van der Waals surface area contributed by atoms with Crippen LogP contribution in [0.25, 0.3) is 0 Å². The van der Waals surface area contributed by atoms with Gasteiger partial charge >= 0.3 is 0 Å². The van der Waals surface area contributed by atoms with Crippen molar-refractivity contribution in [1.82, 2.24) is 0 Å². The molecule has 0 spiro atoms. The summed E-state index contributed by atoms with van der Waals surface area (Å²) < 4.78 is 5.64. The minimum Gasteiger partial charge on any atom is -0.457 e. The van der Waals surface area contributed by atoms with Gasteiger partial charge in [0.2, 0.25) is 5.91 Å². The number of carbonyl (C=O) groups is 1. The molecule has 92 valence electrons. The zero-order chi connectivity index (χ0) is 13.1. The highest BCUT2D eigenvalue weighted by Crippen LogP contribution is 2.24. The van der Waals surface area contributed by atoms with Crippen molar-refractivity contribution in [3.8, 4) is 11.5 Å². The number of primary amides is 1. The Kier molecular flexibility index (Phi) is 3.19. The third-order valence-corrected chi connectivity index (χ3v) is 2.58. The molecule has 2 rings (SSSR count). The first-order valence-corrected chi connectivity index (χ1v) is 5.50. The quantitative estimate of drug-likeness (QED) is 0.811. The molecular formula is C14H14N2O2. The number of carbonyl (C=O) groups excluding carboxylic acids is 1. The van der Waals surface area contributed by atoms with E-state index in [0.717, 1.165) is 5.56 Å². The molecule has 0 radical (unpaired) electrons. The number of amides is 1. The van der Waals surface area contributed by atoms with Crippen LogP contribution in [-0.4, -0.2) is 5.91 Å². The van der Waals surface area contributed by atoms with Crippen LogP contribution in [0.15, 0.2) is 42.5 Å². The summed E-state index contributed by atoms with van der Waals surface area (Å²) in [5, 5.41) is 0. The van der Waals surface area contributed by atoms with Crippen molar-refractivity contribution in [2.75, 3.05) is 5.73 Å². The lowest BCUT2D eigenvalue weighted by Gasteiger charge is -2.08. The van der Waals surface area contributed by atoms with Crippen molar-refractivity contribution in [2.45, 2.75) is 6.92 Å². The SMILES string of the molecule is Cc1cc(Oc2ccc(N)cc2)ccc1C(N)=O. The van der Waals surface area contributed by atoms with Crippen LogP contribution in [0.5, 0.6) is 11.5 Å². The highest BCUT2D eigenvalue weighted by Gasteiger charge is 2.06. The second kappa shape index (κ2) is 4.79. The molecule has 0 aliphatic carbocycles. The maximum absolute atomic E-state index is 11.1. The number of benzene rings is 2. The summed E-state index contributed by atoms with van der Waals surface area (Å²) in [5.41, 5.74) is 12.8. The first-order valence-electron chi connectivity index (χ1n) is 5.50. The van der Waals surface area contributed by atoms with Crippen LogP contribution >= 0.6 is 0 Å². The summed E-state index contributed by atoms with van der Waals surface area (Å²) in [7, 11) is 0. The average Bonchev–Trinajstić information content (AvgIpc) is 2.32. The van der Waals surface area contributed by atoms with Crippen molar-refractivity contribution in [3.63, 3.8) is 0 Å². The summed E-state index contributed by atoms with van der Waals surface area (Å²) in [6.07, 6.45) is 0. The number of ether oxygens (including phenoxy) is 1. The van der Waals surface area contributed by atoms with Crippen molar-refractivity contribution in [1.29, 1.82) is 0 Å². The molecule has 0 aromatic heterocycles. The van der Waals surface area contributed by atoms with Gasteiger partial charge in [0.15, 0.2) is 0 Å². The first kappa shape index (κ1) is 12.0. The molecule has 4 nitrogen and oxygen atoms in total. The fourth-order valence-electron chi connectivity index (χ4n) is 1.65. The highest BCUT2D eigenvalue weighted by atomic mass is 16.5. The van der Waals surface area contributed by atoms with Gasteiger partial charge in [-0.15, -0.1) is 0 Å². The monoisotopic (exact) mass is 242 g/mol. The van der Waals surface area contributed by atoms with Crippen molar-refractivity contribution in [2.24, 2.45) is 5.73 Å². The van der Waals surface area contributed by atoms with Crippen LogP contribution in [0.2, 0.25) is 0 Å². The van der Waals surface area contributed by atoms with Gasteiger partial charge in [-0.3, -0.25) is 4.79 Å². The van der Waals surface area contributed by atoms with Crippen molar-refractivity contribution in [3.05, 3.63) is 53.6 Å². The van der Waals surface area contributed by atoms with Crippen LogP contribution in [0.4, 0.5) is 5.69 Å². The van der Waals surface area contributed by atoms with E-state index < -0.39 is 5.91 Å². The van der Waals surface area contributed by atoms with Gasteiger partial charge < -0.3 is 16.2 Å². The van der Waals surface area contributed by atoms with E-state index in [1.807, 2.05) is 6.92 Å². The predicted molar refractivity (Wildman–Crippen MR) is 70.6 cm³/mol. The highest BCUT2D eigenvalue weighted by molar-refractivity contribution is 5.94. The Morgan fingerprint density at radius 1 is 1.06 bits per heavy atom. The molecule has 0 fully saturated rings. The number of hydrogen-bond acceptors (Lipinski definition) is 3. The van der Waals surface area contributed by atoms with E-state index in [0.29, 0.717) is 22.7 Å². The summed E-state index contributed by atoms with van der Waals surface area (Å²) in [5.74, 6) is 0.907. The minimum atomic E-state index is -0.438. The fourth-order valence-corrected chi connectivity index (χ4v) is 1.65. The summed E-state index contributed by atoms with van der Waals surface area (Å²) in [6.45, 7) is 1.82. The maximum atomic E-state index is 11.1. The second-order valence-corrected chi connectivity index (χ2v) is 4.01. The predicted octanol–water partition coefficient (Wildman–Crippen LogP) is 2.47. The van der Waals surface area contributed by atoms with E-state index >= 15 is 0 Å². The van der Waals surface area contributed by atoms with E-state index in [9.17, 15) is 4.79 Å². The molecule has 0 heterocycles. The largest absolute Gasteiger partial charge is 0.457 e. The van der Waals surface area contributed by atoms with E-state index in [1.165, 1.54) is 0 Å². The van der Waals surface area contributed by atoms with Gasteiger partial charge in [-0.25, -0.2) is 0 Å². The molecule has 4 N–H and O–H groups in total. The molecule has 18 heavy (non-hydrogen) atoms. The average molecular weight is 242 g/mol. The van der Waals surface area contributed by atoms with Crippen LogP contribution < -0.4 is 16.2 Å². The molecule has 1 amide bonds. The summed E-state index contributed by atoms with van der Waals surface area (Å²) in [6, 6.07) is 12.2. The number of nitrogens with two attached hydrogens (primary N) is 2. The third kappa shape index (κ3) is 2.60. The Hall–Kier alpha value is -2.49. The van der Waals surface area contributed by atoms with Gasteiger partial charge in [0.25, 0.3) is 0 Å². The molecule has 0 atom stereocenters. The van der Waals surface area contributed by atoms with E-state index in [1.54, 1.807) is 42.5 Å². The third-order valence-electron chi connectivity index (χ3n) is 2.58. The molecular weight excluding hydrogens is 228 g/mol. The molecule has 0 bridgehead atoms. The molecule has 0 aliphatic rings. The molecule has 0 aliphatic heterocycles. The number of aryl methyl sites for hydroxylation is 1. The van der Waals surface area contributed by atoms with E-state index in [4.69, 9.17) is 16.2 Å². The first-order chi connectivity index (χ1) is 8.56. The number of nitrogen functional groups attached to an aromatic ring is 1. The van der Waals surface area contributed by atoms with Gasteiger partial charge in [-0.1, -0.05) is 0 Å². The van der Waals surface area contributed by atoms with E-state index in [-0.39, 0.29) is 0 Å². The van der Waals surface area contributed by atoms with Crippen LogP contribution in [0.3, 0.4) is 0 Å². The van der Waals surface area contributed by atoms with Crippen LogP contribution in [-0.2, 0) is 0 Å². The lowest BCUT2D eigenvalue weighted by molar-refractivity contribution is 0.0999. The van der Waals surface area contributed by atoms with Crippen molar-refractivity contribution < 1.29 is 9.53 Å². The summed E-state index contributed by atoms with van der Waals surface area (Å²) >= 11 is 0. The van der Waals surface area contributed by atoms with Gasteiger partial charge in [-0.05, 0) is 55.0 Å². The zero-order valence-electron chi connectivity index (χ0n) is 10.0. The number of hydrogen-bond donors (Lipinski definition) is 2. The Bertz CT molecular complexity index is 577. The van der Waals surface area contributed by atoms with Crippen LogP contribution in [0.1, 0.15) is 15.9 Å². The molecule has 2 aromatic carbocycles. The molecule has 0 saturated heterocycles. The topological polar surface area (TPSA) is 78.3 Å². The normalized spacial score (nSPS) is 10.1. The standard InChI is InChI=1S/C14H14N2O2/c1-9-8-12(6-7-13(9)14(16)17)18-11-4-2-10(15)3-5-11/h2-8H,15H2,1H3,(H2,16,17).